The SMILES string of the molecule is Cc1cc(C(=O)O)ccc1C(=O)NCC(=O)N(CC(F)(F)F)C(=O)CN. The molecule has 4 N–H and O–H groups in total. The van der Waals surface area contributed by atoms with Crippen LogP contribution in [0, 0.1) is 6.92 Å². The molecular weight excluding hydrogens is 359 g/mol. The molecule has 3 amide bonds. The van der Waals surface area contributed by atoms with Crippen molar-refractivity contribution in [3.05, 3.63) is 34.9 Å². The van der Waals surface area contributed by atoms with Crippen molar-refractivity contribution in [1.29, 1.82) is 0 Å². The molecule has 0 fully saturated rings. The molecule has 0 radical (unpaired) electrons. The van der Waals surface area contributed by atoms with Crippen molar-refractivity contribution in [2.24, 2.45) is 5.73 Å². The van der Waals surface area contributed by atoms with Crippen LogP contribution in [0.5, 0.6) is 0 Å². The Morgan fingerprint density at radius 1 is 1.19 bits per heavy atom. The molecule has 1 aromatic rings. The lowest BCUT2D eigenvalue weighted by molar-refractivity contribution is -0.169. The summed E-state index contributed by atoms with van der Waals surface area (Å²) in [6.07, 6.45) is -4.81. The maximum Gasteiger partial charge on any atom is 0.406 e. The lowest BCUT2D eigenvalue weighted by Crippen LogP contribution is -2.49. The number of aryl methyl sites for hydroxylation is 1. The van der Waals surface area contributed by atoms with Crippen LogP contribution < -0.4 is 11.1 Å². The van der Waals surface area contributed by atoms with Crippen LogP contribution in [0.25, 0.3) is 0 Å². The van der Waals surface area contributed by atoms with Gasteiger partial charge in [-0.1, -0.05) is 0 Å². The standard InChI is InChI=1S/C15H16F3N3O5/c1-8-4-9(14(25)26)2-3-10(8)13(24)20-6-12(23)21(11(22)5-19)7-15(16,17)18/h2-4H,5-7,19H2,1H3,(H,20,24)(H,25,26). The van der Waals surface area contributed by atoms with Gasteiger partial charge in [0, 0.05) is 5.56 Å². The Labute approximate surface area is 145 Å². The van der Waals surface area contributed by atoms with Gasteiger partial charge in [0.1, 0.15) is 6.54 Å². The quantitative estimate of drug-likeness (QED) is 0.656. The predicted octanol–water partition coefficient (Wildman–Crippen LogP) is 0.299. The number of nitrogens with zero attached hydrogens (tertiary/aromatic N) is 1. The molecule has 0 aliphatic carbocycles. The molecule has 1 aromatic carbocycles. The highest BCUT2D eigenvalue weighted by molar-refractivity contribution is 6.01. The molecule has 142 valence electrons. The van der Waals surface area contributed by atoms with E-state index in [0.717, 1.165) is 0 Å². The normalized spacial score (nSPS) is 11.0. The molecule has 0 spiro atoms. The Bertz CT molecular complexity index is 734. The number of nitrogens with one attached hydrogen (secondary N) is 1. The van der Waals surface area contributed by atoms with E-state index in [2.05, 4.69) is 5.32 Å². The number of aromatic carboxylic acids is 1. The fourth-order valence-electron chi connectivity index (χ4n) is 2.00. The number of rotatable bonds is 6. The summed E-state index contributed by atoms with van der Waals surface area (Å²) in [5.41, 5.74) is 5.26. The Morgan fingerprint density at radius 2 is 1.81 bits per heavy atom. The van der Waals surface area contributed by atoms with E-state index in [1.54, 1.807) is 0 Å². The summed E-state index contributed by atoms with van der Waals surface area (Å²) in [5.74, 6) is -4.51. The topological polar surface area (TPSA) is 130 Å². The molecular formula is C15H16F3N3O5. The maximum absolute atomic E-state index is 12.5. The molecule has 0 unspecified atom stereocenters. The Balaban J connectivity index is 2.83. The maximum atomic E-state index is 12.5. The summed E-state index contributed by atoms with van der Waals surface area (Å²) in [5, 5.41) is 11.0. The van der Waals surface area contributed by atoms with Crippen LogP contribution in [0.3, 0.4) is 0 Å². The number of nitrogens with two attached hydrogens (primary N) is 1. The number of carbonyl (C=O) groups excluding carboxylic acids is 3. The van der Waals surface area contributed by atoms with Crippen LogP contribution in [-0.2, 0) is 9.59 Å². The van der Waals surface area contributed by atoms with Crippen molar-refractivity contribution in [2.75, 3.05) is 19.6 Å². The fraction of sp³-hybridized carbons (Fsp3) is 0.333. The summed E-state index contributed by atoms with van der Waals surface area (Å²) in [7, 11) is 0. The summed E-state index contributed by atoms with van der Waals surface area (Å²) >= 11 is 0. The van der Waals surface area contributed by atoms with E-state index in [0.29, 0.717) is 5.56 Å². The summed E-state index contributed by atoms with van der Waals surface area (Å²) < 4.78 is 37.4. The van der Waals surface area contributed by atoms with Gasteiger partial charge in [0.15, 0.2) is 0 Å². The van der Waals surface area contributed by atoms with Gasteiger partial charge in [0.25, 0.3) is 5.91 Å². The molecule has 0 heterocycles. The number of benzene rings is 1. The van der Waals surface area contributed by atoms with Gasteiger partial charge in [0.2, 0.25) is 11.8 Å². The Kier molecular flexibility index (Phi) is 6.84. The van der Waals surface area contributed by atoms with Gasteiger partial charge in [-0.05, 0) is 30.7 Å². The molecule has 0 aliphatic heterocycles. The van der Waals surface area contributed by atoms with E-state index in [-0.39, 0.29) is 16.0 Å². The van der Waals surface area contributed by atoms with E-state index in [9.17, 15) is 32.3 Å². The number of hydrogen-bond donors (Lipinski definition) is 3. The van der Waals surface area contributed by atoms with E-state index < -0.39 is 49.5 Å². The number of carboxylic acids is 1. The summed E-state index contributed by atoms with van der Waals surface area (Å²) in [4.78, 5) is 46.1. The minimum atomic E-state index is -4.81. The van der Waals surface area contributed by atoms with Crippen molar-refractivity contribution in [2.45, 2.75) is 13.1 Å². The third kappa shape index (κ3) is 5.84. The molecule has 0 aliphatic rings. The highest BCUT2D eigenvalue weighted by Gasteiger charge is 2.35. The lowest BCUT2D eigenvalue weighted by atomic mass is 10.0. The zero-order chi connectivity index (χ0) is 20.1. The van der Waals surface area contributed by atoms with Crippen molar-refractivity contribution < 1.29 is 37.5 Å². The van der Waals surface area contributed by atoms with E-state index in [1.807, 2.05) is 0 Å². The van der Waals surface area contributed by atoms with Gasteiger partial charge in [-0.2, -0.15) is 13.2 Å². The smallest absolute Gasteiger partial charge is 0.406 e. The molecule has 26 heavy (non-hydrogen) atoms. The third-order valence-electron chi connectivity index (χ3n) is 3.23. The first-order chi connectivity index (χ1) is 12.0. The largest absolute Gasteiger partial charge is 0.478 e. The predicted molar refractivity (Wildman–Crippen MR) is 82.3 cm³/mol. The molecule has 0 aromatic heterocycles. The van der Waals surface area contributed by atoms with E-state index in [4.69, 9.17) is 10.8 Å². The first-order valence-corrected chi connectivity index (χ1v) is 7.18. The first-order valence-electron chi connectivity index (χ1n) is 7.18. The summed E-state index contributed by atoms with van der Waals surface area (Å²) in [6.45, 7) is -2.02. The van der Waals surface area contributed by atoms with Crippen LogP contribution in [0.1, 0.15) is 26.3 Å². The van der Waals surface area contributed by atoms with Gasteiger partial charge in [-0.25, -0.2) is 4.79 Å². The average Bonchev–Trinajstić information content (AvgIpc) is 2.55. The van der Waals surface area contributed by atoms with Gasteiger partial charge in [-0.3, -0.25) is 19.3 Å². The molecule has 0 saturated carbocycles. The lowest BCUT2D eigenvalue weighted by Gasteiger charge is -2.21. The zero-order valence-corrected chi connectivity index (χ0v) is 13.6. The molecule has 0 bridgehead atoms. The highest BCUT2D eigenvalue weighted by atomic mass is 19.4. The van der Waals surface area contributed by atoms with Gasteiger partial charge in [0.05, 0.1) is 18.7 Å². The van der Waals surface area contributed by atoms with Crippen molar-refractivity contribution in [3.63, 3.8) is 0 Å². The summed E-state index contributed by atoms with van der Waals surface area (Å²) in [6, 6.07) is 3.60. The van der Waals surface area contributed by atoms with Gasteiger partial charge in [-0.15, -0.1) is 0 Å². The Morgan fingerprint density at radius 3 is 2.27 bits per heavy atom. The van der Waals surface area contributed by atoms with Crippen LogP contribution in [0.15, 0.2) is 18.2 Å². The minimum absolute atomic E-state index is 0.0373. The molecule has 0 atom stereocenters. The Hall–Kier alpha value is -2.95. The second-order valence-corrected chi connectivity index (χ2v) is 5.21. The van der Waals surface area contributed by atoms with E-state index >= 15 is 0 Å². The molecule has 0 saturated heterocycles. The first kappa shape index (κ1) is 21.1. The number of carboxylic acid groups (broad SMARTS) is 1. The van der Waals surface area contributed by atoms with Crippen LogP contribution in [-0.4, -0.2) is 59.5 Å². The average molecular weight is 375 g/mol. The van der Waals surface area contributed by atoms with Crippen molar-refractivity contribution in [3.8, 4) is 0 Å². The number of amides is 3. The number of halogens is 3. The fourth-order valence-corrected chi connectivity index (χ4v) is 2.00. The van der Waals surface area contributed by atoms with Crippen molar-refractivity contribution in [1.82, 2.24) is 10.2 Å². The second-order valence-electron chi connectivity index (χ2n) is 5.21. The number of hydrogen-bond acceptors (Lipinski definition) is 5. The van der Waals surface area contributed by atoms with E-state index in [1.165, 1.54) is 25.1 Å². The molecule has 1 rings (SSSR count). The van der Waals surface area contributed by atoms with Crippen LogP contribution in [0.2, 0.25) is 0 Å². The minimum Gasteiger partial charge on any atom is -0.478 e. The van der Waals surface area contributed by atoms with Crippen molar-refractivity contribution >= 4 is 23.7 Å². The van der Waals surface area contributed by atoms with Crippen LogP contribution >= 0.6 is 0 Å². The molecule has 8 nitrogen and oxygen atoms in total. The van der Waals surface area contributed by atoms with Gasteiger partial charge >= 0.3 is 12.1 Å². The number of alkyl halides is 3. The molecule has 11 heteroatoms. The number of imide groups is 1. The number of carbonyl (C=O) groups is 4. The van der Waals surface area contributed by atoms with Gasteiger partial charge < -0.3 is 16.2 Å². The van der Waals surface area contributed by atoms with Crippen LogP contribution in [0.4, 0.5) is 13.2 Å². The third-order valence-corrected chi connectivity index (χ3v) is 3.23. The monoisotopic (exact) mass is 375 g/mol. The highest BCUT2D eigenvalue weighted by Crippen LogP contribution is 2.16. The second kappa shape index (κ2) is 8.43. The zero-order valence-electron chi connectivity index (χ0n) is 13.6.